The second kappa shape index (κ2) is 6.99. The number of benzene rings is 2. The summed E-state index contributed by atoms with van der Waals surface area (Å²) in [7, 11) is 3.08. The molecule has 0 aliphatic heterocycles. The Hall–Kier alpha value is -2.20. The van der Waals surface area contributed by atoms with Crippen molar-refractivity contribution in [1.29, 1.82) is 0 Å². The first kappa shape index (κ1) is 15.2. The van der Waals surface area contributed by atoms with Crippen molar-refractivity contribution in [2.24, 2.45) is 0 Å². The van der Waals surface area contributed by atoms with Gasteiger partial charge in [0.15, 0.2) is 0 Å². The Labute approximate surface area is 128 Å². The first-order chi connectivity index (χ1) is 10.2. The number of hydrogen-bond acceptors (Lipinski definition) is 3. The molecule has 1 amide bonds. The van der Waals surface area contributed by atoms with Crippen molar-refractivity contribution in [1.82, 2.24) is 0 Å². The highest BCUT2D eigenvalue weighted by atomic mass is 35.5. The molecule has 0 heterocycles. The zero-order valence-corrected chi connectivity index (χ0v) is 12.6. The number of anilines is 1. The summed E-state index contributed by atoms with van der Waals surface area (Å²) in [4.78, 5) is 12.4. The van der Waals surface area contributed by atoms with E-state index in [0.717, 1.165) is 5.56 Å². The summed E-state index contributed by atoms with van der Waals surface area (Å²) < 4.78 is 10.3. The van der Waals surface area contributed by atoms with Crippen LogP contribution in [0.5, 0.6) is 11.5 Å². The minimum atomic E-state index is -0.246. The Bertz CT molecular complexity index is 621. The lowest BCUT2D eigenvalue weighted by Crippen LogP contribution is -2.13. The molecular weight excluding hydrogens is 290 g/mol. The normalized spacial score (nSPS) is 10.0. The summed E-state index contributed by atoms with van der Waals surface area (Å²) in [6.07, 6.45) is 0. The van der Waals surface area contributed by atoms with Gasteiger partial charge in [-0.3, -0.25) is 4.79 Å². The molecule has 0 saturated carbocycles. The third-order valence-electron chi connectivity index (χ3n) is 3.02. The van der Waals surface area contributed by atoms with E-state index in [-0.39, 0.29) is 5.91 Å². The van der Waals surface area contributed by atoms with E-state index < -0.39 is 0 Å². The lowest BCUT2D eigenvalue weighted by atomic mass is 10.1. The topological polar surface area (TPSA) is 47.6 Å². The molecule has 4 nitrogen and oxygen atoms in total. The van der Waals surface area contributed by atoms with Crippen molar-refractivity contribution in [2.45, 2.75) is 5.88 Å². The maximum absolute atomic E-state index is 12.4. The lowest BCUT2D eigenvalue weighted by molar-refractivity contribution is 0.102. The fourth-order valence-electron chi connectivity index (χ4n) is 1.89. The van der Waals surface area contributed by atoms with Gasteiger partial charge < -0.3 is 14.8 Å². The SMILES string of the molecule is COc1cc(OC)cc(C(=O)Nc2ccccc2CCl)c1. The minimum absolute atomic E-state index is 0.246. The van der Waals surface area contributed by atoms with Gasteiger partial charge in [0.05, 0.1) is 14.2 Å². The van der Waals surface area contributed by atoms with Gasteiger partial charge in [-0.25, -0.2) is 0 Å². The van der Waals surface area contributed by atoms with E-state index in [9.17, 15) is 4.79 Å². The fraction of sp³-hybridized carbons (Fsp3) is 0.188. The maximum Gasteiger partial charge on any atom is 0.255 e. The Balaban J connectivity index is 2.28. The number of alkyl halides is 1. The van der Waals surface area contributed by atoms with Crippen LogP contribution in [0.3, 0.4) is 0 Å². The van der Waals surface area contributed by atoms with Crippen LogP contribution in [0.2, 0.25) is 0 Å². The van der Waals surface area contributed by atoms with Gasteiger partial charge in [-0.2, -0.15) is 0 Å². The molecule has 2 aromatic rings. The van der Waals surface area contributed by atoms with E-state index in [4.69, 9.17) is 21.1 Å². The van der Waals surface area contributed by atoms with Crippen molar-refractivity contribution in [3.63, 3.8) is 0 Å². The number of halogens is 1. The van der Waals surface area contributed by atoms with E-state index in [0.29, 0.717) is 28.6 Å². The van der Waals surface area contributed by atoms with Crippen LogP contribution in [-0.2, 0) is 5.88 Å². The van der Waals surface area contributed by atoms with Gasteiger partial charge in [0.2, 0.25) is 0 Å². The number of amides is 1. The van der Waals surface area contributed by atoms with Crippen molar-refractivity contribution in [2.75, 3.05) is 19.5 Å². The first-order valence-corrected chi connectivity index (χ1v) is 6.89. The Kier molecular flexibility index (Phi) is 5.06. The third-order valence-corrected chi connectivity index (χ3v) is 3.31. The first-order valence-electron chi connectivity index (χ1n) is 6.36. The second-order valence-corrected chi connectivity index (χ2v) is 4.61. The second-order valence-electron chi connectivity index (χ2n) is 4.35. The van der Waals surface area contributed by atoms with E-state index in [2.05, 4.69) is 5.32 Å². The van der Waals surface area contributed by atoms with Crippen molar-refractivity contribution in [3.05, 3.63) is 53.6 Å². The predicted octanol–water partition coefficient (Wildman–Crippen LogP) is 3.69. The molecule has 1 N–H and O–H groups in total. The lowest BCUT2D eigenvalue weighted by Gasteiger charge is -2.11. The molecule has 2 rings (SSSR count). The van der Waals surface area contributed by atoms with Gasteiger partial charge in [-0.1, -0.05) is 18.2 Å². The van der Waals surface area contributed by atoms with Gasteiger partial charge in [0.25, 0.3) is 5.91 Å². The molecule has 0 aliphatic rings. The number of carbonyl (C=O) groups excluding carboxylic acids is 1. The number of carbonyl (C=O) groups is 1. The molecule has 110 valence electrons. The van der Waals surface area contributed by atoms with Gasteiger partial charge in [0.1, 0.15) is 11.5 Å². The van der Waals surface area contributed by atoms with Crippen LogP contribution in [0.25, 0.3) is 0 Å². The molecule has 2 aromatic carbocycles. The monoisotopic (exact) mass is 305 g/mol. The standard InChI is InChI=1S/C16H16ClNO3/c1-20-13-7-12(8-14(9-13)21-2)16(19)18-15-6-4-3-5-11(15)10-17/h3-9H,10H2,1-2H3,(H,18,19). The summed E-state index contributed by atoms with van der Waals surface area (Å²) in [5.41, 5.74) is 2.01. The van der Waals surface area contributed by atoms with Crippen LogP contribution in [0.15, 0.2) is 42.5 Å². The molecule has 21 heavy (non-hydrogen) atoms. The molecule has 0 spiro atoms. The summed E-state index contributed by atoms with van der Waals surface area (Å²) in [5.74, 6) is 1.21. The largest absolute Gasteiger partial charge is 0.497 e. The Morgan fingerprint density at radius 2 is 1.71 bits per heavy atom. The average Bonchev–Trinajstić information content (AvgIpc) is 2.54. The molecule has 0 aromatic heterocycles. The molecule has 0 fully saturated rings. The summed E-state index contributed by atoms with van der Waals surface area (Å²) in [5, 5.41) is 2.85. The average molecular weight is 306 g/mol. The zero-order chi connectivity index (χ0) is 15.2. The van der Waals surface area contributed by atoms with Gasteiger partial charge in [-0.05, 0) is 23.8 Å². The zero-order valence-electron chi connectivity index (χ0n) is 11.9. The van der Waals surface area contributed by atoms with Crippen LogP contribution in [0.4, 0.5) is 5.69 Å². The van der Waals surface area contributed by atoms with Crippen molar-refractivity contribution < 1.29 is 14.3 Å². The fourth-order valence-corrected chi connectivity index (χ4v) is 2.12. The highest BCUT2D eigenvalue weighted by molar-refractivity contribution is 6.17. The number of para-hydroxylation sites is 1. The van der Waals surface area contributed by atoms with Crippen LogP contribution in [0, 0.1) is 0 Å². The molecular formula is C16H16ClNO3. The third kappa shape index (κ3) is 3.67. The Morgan fingerprint density at radius 1 is 1.10 bits per heavy atom. The minimum Gasteiger partial charge on any atom is -0.497 e. The van der Waals surface area contributed by atoms with Crippen LogP contribution < -0.4 is 14.8 Å². The number of rotatable bonds is 5. The van der Waals surface area contributed by atoms with Crippen molar-refractivity contribution in [3.8, 4) is 11.5 Å². The summed E-state index contributed by atoms with van der Waals surface area (Å²) >= 11 is 5.87. The quantitative estimate of drug-likeness (QED) is 0.857. The van der Waals surface area contributed by atoms with Gasteiger partial charge in [0, 0.05) is 23.2 Å². The van der Waals surface area contributed by atoms with E-state index in [1.54, 1.807) is 32.4 Å². The molecule has 0 saturated heterocycles. The molecule has 0 atom stereocenters. The number of hydrogen-bond donors (Lipinski definition) is 1. The molecule has 5 heteroatoms. The van der Waals surface area contributed by atoms with Crippen molar-refractivity contribution >= 4 is 23.2 Å². The molecule has 0 radical (unpaired) electrons. The number of methoxy groups -OCH3 is 2. The molecule has 0 bridgehead atoms. The number of ether oxygens (including phenoxy) is 2. The number of nitrogens with one attached hydrogen (secondary N) is 1. The van der Waals surface area contributed by atoms with E-state index in [1.165, 1.54) is 0 Å². The van der Waals surface area contributed by atoms with Gasteiger partial charge >= 0.3 is 0 Å². The Morgan fingerprint density at radius 3 is 2.29 bits per heavy atom. The molecule has 0 unspecified atom stereocenters. The highest BCUT2D eigenvalue weighted by Crippen LogP contribution is 2.24. The van der Waals surface area contributed by atoms with Gasteiger partial charge in [-0.15, -0.1) is 11.6 Å². The smallest absolute Gasteiger partial charge is 0.255 e. The highest BCUT2D eigenvalue weighted by Gasteiger charge is 2.11. The van der Waals surface area contributed by atoms with Crippen LogP contribution in [0.1, 0.15) is 15.9 Å². The van der Waals surface area contributed by atoms with Crippen LogP contribution in [-0.4, -0.2) is 20.1 Å². The molecule has 0 aliphatic carbocycles. The van der Waals surface area contributed by atoms with E-state index >= 15 is 0 Å². The maximum atomic E-state index is 12.4. The predicted molar refractivity (Wildman–Crippen MR) is 83.5 cm³/mol. The summed E-state index contributed by atoms with van der Waals surface area (Å²) in [6, 6.07) is 12.4. The van der Waals surface area contributed by atoms with Crippen LogP contribution >= 0.6 is 11.6 Å². The summed E-state index contributed by atoms with van der Waals surface area (Å²) in [6.45, 7) is 0. The van der Waals surface area contributed by atoms with E-state index in [1.807, 2.05) is 24.3 Å².